The zero-order chi connectivity index (χ0) is 23.6. The zero-order valence-corrected chi connectivity index (χ0v) is 19.7. The fourth-order valence-electron chi connectivity index (χ4n) is 6.95. The van der Waals surface area contributed by atoms with Crippen LogP contribution in [0.5, 0.6) is 0 Å². The van der Waals surface area contributed by atoms with E-state index in [0.717, 1.165) is 29.9 Å². The molecule has 4 aliphatic carbocycles. The summed E-state index contributed by atoms with van der Waals surface area (Å²) in [5.41, 5.74) is 5.11. The van der Waals surface area contributed by atoms with Gasteiger partial charge in [-0.3, -0.25) is 4.98 Å². The molecule has 0 bridgehead atoms. The van der Waals surface area contributed by atoms with E-state index in [4.69, 9.17) is 4.74 Å². The average Bonchev–Trinajstić information content (AvgIpc) is 3.40. The van der Waals surface area contributed by atoms with E-state index in [2.05, 4.69) is 95.8 Å². The van der Waals surface area contributed by atoms with Crippen molar-refractivity contribution in [3.8, 4) is 6.07 Å². The van der Waals surface area contributed by atoms with Crippen molar-refractivity contribution in [2.24, 2.45) is 17.8 Å². The highest BCUT2D eigenvalue weighted by molar-refractivity contribution is 5.76. The summed E-state index contributed by atoms with van der Waals surface area (Å²) >= 11 is 0. The Bertz CT molecular complexity index is 1390. The summed E-state index contributed by atoms with van der Waals surface area (Å²) in [7, 11) is 0. The molecule has 6 atom stereocenters. The molecule has 172 valence electrons. The van der Waals surface area contributed by atoms with Crippen molar-refractivity contribution in [2.45, 2.75) is 37.5 Å². The molecule has 0 radical (unpaired) electrons. The molecule has 1 aromatic rings. The van der Waals surface area contributed by atoms with Crippen molar-refractivity contribution in [1.82, 2.24) is 9.88 Å². The third-order valence-electron chi connectivity index (χ3n) is 8.40. The number of likely N-dealkylation sites (tertiary alicyclic amines) is 1. The Kier molecular flexibility index (Phi) is 4.45. The lowest BCUT2D eigenvalue weighted by Gasteiger charge is -2.37. The predicted octanol–water partition coefficient (Wildman–Crippen LogP) is 5.78. The van der Waals surface area contributed by atoms with Gasteiger partial charge in [0.05, 0.1) is 29.4 Å². The van der Waals surface area contributed by atoms with Crippen LogP contribution in [0.3, 0.4) is 0 Å². The topological polar surface area (TPSA) is 49.2 Å². The predicted molar refractivity (Wildman–Crippen MR) is 136 cm³/mol. The molecule has 0 aromatic carbocycles. The minimum absolute atomic E-state index is 0.247. The summed E-state index contributed by atoms with van der Waals surface area (Å²) in [6, 6.07) is 6.48. The Morgan fingerprint density at radius 3 is 2.89 bits per heavy atom. The van der Waals surface area contributed by atoms with E-state index in [1.165, 1.54) is 11.3 Å². The fourth-order valence-corrected chi connectivity index (χ4v) is 6.95. The summed E-state index contributed by atoms with van der Waals surface area (Å²) < 4.78 is 6.57. The molecule has 4 nitrogen and oxygen atoms in total. The Labute approximate surface area is 206 Å². The second kappa shape index (κ2) is 7.58. The van der Waals surface area contributed by atoms with Gasteiger partial charge in [0.2, 0.25) is 0 Å². The number of allylic oxidation sites excluding steroid dienone is 9. The third kappa shape index (κ3) is 2.94. The molecule has 7 rings (SSSR count). The highest BCUT2D eigenvalue weighted by Gasteiger charge is 2.56. The van der Waals surface area contributed by atoms with Gasteiger partial charge in [-0.05, 0) is 49.6 Å². The first-order chi connectivity index (χ1) is 17.2. The van der Waals surface area contributed by atoms with Crippen LogP contribution in [0.15, 0.2) is 108 Å². The van der Waals surface area contributed by atoms with Crippen molar-refractivity contribution in [3.63, 3.8) is 0 Å². The third-order valence-corrected chi connectivity index (χ3v) is 8.40. The van der Waals surface area contributed by atoms with Crippen LogP contribution < -0.4 is 0 Å². The molecule has 0 saturated carbocycles. The van der Waals surface area contributed by atoms with Gasteiger partial charge in [-0.15, -0.1) is 0 Å². The van der Waals surface area contributed by atoms with Crippen molar-refractivity contribution < 1.29 is 4.74 Å². The standard InChI is InChI=1S/C31H27N3O/c1-31-16-7-6-10-23(31)30-28(35-31)14-13-27-29(30)22-9-3-5-12-26(22)34(27)25-11-4-2-8-21(25)24-18-20(19-32)15-17-33-24/h2-3,5-10,12-18,22-23,26-27,29H,4,11H2,1H3. The van der Waals surface area contributed by atoms with E-state index in [1.807, 2.05) is 6.07 Å². The van der Waals surface area contributed by atoms with Gasteiger partial charge < -0.3 is 9.64 Å². The maximum atomic E-state index is 9.47. The molecule has 4 heteroatoms. The van der Waals surface area contributed by atoms with Crippen LogP contribution in [0.25, 0.3) is 5.57 Å². The van der Waals surface area contributed by atoms with Gasteiger partial charge in [0, 0.05) is 35.2 Å². The molecule has 1 aromatic heterocycles. The molecule has 35 heavy (non-hydrogen) atoms. The molecular formula is C31H27N3O. The number of aromatic nitrogens is 1. The monoisotopic (exact) mass is 457 g/mol. The van der Waals surface area contributed by atoms with Crippen LogP contribution in [0.2, 0.25) is 0 Å². The van der Waals surface area contributed by atoms with Crippen molar-refractivity contribution in [1.29, 1.82) is 5.26 Å². The van der Waals surface area contributed by atoms with Crippen LogP contribution in [0.4, 0.5) is 0 Å². The van der Waals surface area contributed by atoms with Crippen LogP contribution in [0.1, 0.15) is 31.0 Å². The number of nitriles is 1. The molecule has 2 aliphatic heterocycles. The summed E-state index contributed by atoms with van der Waals surface area (Å²) in [5.74, 6) is 2.04. The van der Waals surface area contributed by atoms with E-state index < -0.39 is 0 Å². The first-order valence-electron chi connectivity index (χ1n) is 12.5. The number of nitrogens with zero attached hydrogens (tertiary/aromatic N) is 3. The lowest BCUT2D eigenvalue weighted by Crippen LogP contribution is -2.38. The van der Waals surface area contributed by atoms with Crippen molar-refractivity contribution in [3.05, 3.63) is 120 Å². The second-order valence-corrected chi connectivity index (χ2v) is 10.3. The van der Waals surface area contributed by atoms with Gasteiger partial charge in [-0.1, -0.05) is 60.8 Å². The highest BCUT2D eigenvalue weighted by atomic mass is 16.5. The van der Waals surface area contributed by atoms with Crippen LogP contribution in [-0.2, 0) is 4.74 Å². The largest absolute Gasteiger partial charge is 0.483 e. The van der Waals surface area contributed by atoms with Gasteiger partial charge in [-0.2, -0.15) is 5.26 Å². The van der Waals surface area contributed by atoms with Gasteiger partial charge in [0.15, 0.2) is 0 Å². The maximum absolute atomic E-state index is 9.47. The highest BCUT2D eigenvalue weighted by Crippen LogP contribution is 2.56. The summed E-state index contributed by atoms with van der Waals surface area (Å²) in [4.78, 5) is 7.32. The Morgan fingerprint density at radius 1 is 1.09 bits per heavy atom. The summed E-state index contributed by atoms with van der Waals surface area (Å²) in [6.45, 7) is 2.21. The minimum Gasteiger partial charge on any atom is -0.483 e. The molecule has 1 saturated heterocycles. The fraction of sp³-hybridized carbons (Fsp3) is 0.290. The zero-order valence-electron chi connectivity index (χ0n) is 19.7. The van der Waals surface area contributed by atoms with Crippen molar-refractivity contribution in [2.75, 3.05) is 0 Å². The van der Waals surface area contributed by atoms with Crippen LogP contribution in [0, 0.1) is 29.1 Å². The molecular weight excluding hydrogens is 430 g/mol. The van der Waals surface area contributed by atoms with E-state index in [0.29, 0.717) is 17.4 Å². The quantitative estimate of drug-likeness (QED) is 0.565. The number of pyridine rings is 1. The lowest BCUT2D eigenvalue weighted by atomic mass is 9.69. The van der Waals surface area contributed by atoms with Crippen LogP contribution >= 0.6 is 0 Å². The van der Waals surface area contributed by atoms with E-state index in [1.54, 1.807) is 12.3 Å². The first kappa shape index (κ1) is 20.5. The molecule has 0 N–H and O–H groups in total. The molecule has 6 aliphatic rings. The Hall–Kier alpha value is -3.84. The second-order valence-electron chi connectivity index (χ2n) is 10.3. The molecule has 6 unspecified atom stereocenters. The number of hydrogen-bond acceptors (Lipinski definition) is 4. The number of rotatable bonds is 2. The normalized spacial score (nSPS) is 35.5. The SMILES string of the molecule is CC12C=CC=CC1C1=C(C=CC3C1C1C=CC=CC1N3C1=C(c3cc(C#N)ccn3)C=CCC1)O2. The Morgan fingerprint density at radius 2 is 1.97 bits per heavy atom. The van der Waals surface area contributed by atoms with E-state index in [9.17, 15) is 5.26 Å². The van der Waals surface area contributed by atoms with Gasteiger partial charge in [-0.25, -0.2) is 0 Å². The number of fused-ring (bicyclic) bond motifs is 6. The van der Waals surface area contributed by atoms with Gasteiger partial charge >= 0.3 is 0 Å². The maximum Gasteiger partial charge on any atom is 0.135 e. The van der Waals surface area contributed by atoms with Gasteiger partial charge in [0.25, 0.3) is 0 Å². The average molecular weight is 458 g/mol. The smallest absolute Gasteiger partial charge is 0.135 e. The first-order valence-corrected chi connectivity index (χ1v) is 12.5. The molecule has 0 amide bonds. The van der Waals surface area contributed by atoms with Gasteiger partial charge in [0.1, 0.15) is 11.4 Å². The molecule has 3 heterocycles. The Balaban J connectivity index is 1.37. The summed E-state index contributed by atoms with van der Waals surface area (Å²) in [5, 5.41) is 9.47. The van der Waals surface area contributed by atoms with Crippen LogP contribution in [-0.4, -0.2) is 27.6 Å². The lowest BCUT2D eigenvalue weighted by molar-refractivity contribution is 0.0730. The summed E-state index contributed by atoms with van der Waals surface area (Å²) in [6.07, 6.45) is 30.7. The number of hydrogen-bond donors (Lipinski definition) is 0. The van der Waals surface area contributed by atoms with Crippen molar-refractivity contribution >= 4 is 5.57 Å². The van der Waals surface area contributed by atoms with E-state index >= 15 is 0 Å². The molecule has 1 fully saturated rings. The van der Waals surface area contributed by atoms with E-state index in [-0.39, 0.29) is 23.6 Å². The minimum atomic E-state index is -0.310. The molecule has 0 spiro atoms. The number of ether oxygens (including phenoxy) is 1.